The van der Waals surface area contributed by atoms with E-state index in [2.05, 4.69) is 25.5 Å². The molecule has 1 aromatic heterocycles. The Kier molecular flexibility index (Phi) is 7.95. The van der Waals surface area contributed by atoms with Crippen LogP contribution < -0.4 is 10.6 Å². The first-order valence-electron chi connectivity index (χ1n) is 8.75. The summed E-state index contributed by atoms with van der Waals surface area (Å²) in [5.41, 5.74) is -0.846. The van der Waals surface area contributed by atoms with Crippen LogP contribution in [0.25, 0.3) is 0 Å². The number of likely N-dealkylation sites (tertiary alicyclic amines) is 1. The van der Waals surface area contributed by atoms with Crippen LogP contribution in [0.1, 0.15) is 43.3 Å². The molecule has 0 saturated carbocycles. The van der Waals surface area contributed by atoms with E-state index in [1.54, 1.807) is 0 Å². The lowest BCUT2D eigenvalue weighted by atomic mass is 10.2. The van der Waals surface area contributed by atoms with E-state index in [9.17, 15) is 13.2 Å². The molecule has 2 rings (SSSR count). The first-order chi connectivity index (χ1) is 12.0. The molecular weight excluding hydrogens is 351 g/mol. The maximum Gasteiger partial charge on any atom is 0.434 e. The largest absolute Gasteiger partial charge is 0.434 e. The first kappa shape index (κ1) is 20.0. The molecule has 9 heteroatoms. The number of hydrogen-bond donors (Lipinski definition) is 2. The van der Waals surface area contributed by atoms with E-state index in [4.69, 9.17) is 0 Å². The molecule has 1 aromatic rings. The average molecular weight is 377 g/mol. The van der Waals surface area contributed by atoms with Crippen LogP contribution in [0.5, 0.6) is 0 Å². The molecule has 2 heterocycles. The van der Waals surface area contributed by atoms with Gasteiger partial charge in [-0.3, -0.25) is 0 Å². The maximum atomic E-state index is 12.6. The Hall–Kier alpha value is -1.35. The molecule has 142 valence electrons. The second-order valence-corrected chi connectivity index (χ2v) is 6.94. The van der Waals surface area contributed by atoms with Crippen LogP contribution in [-0.4, -0.2) is 48.6 Å². The summed E-state index contributed by atoms with van der Waals surface area (Å²) in [5.74, 6) is 0.612. The fourth-order valence-electron chi connectivity index (χ4n) is 2.69. The fraction of sp³-hybridized carbons (Fsp3) is 0.750. The van der Waals surface area contributed by atoms with Crippen LogP contribution in [0.3, 0.4) is 0 Å². The van der Waals surface area contributed by atoms with E-state index in [1.165, 1.54) is 25.7 Å². The molecular formula is C16H26F3N5S. The van der Waals surface area contributed by atoms with Crippen molar-refractivity contribution in [3.05, 3.63) is 16.1 Å². The van der Waals surface area contributed by atoms with Crippen molar-refractivity contribution in [3.63, 3.8) is 0 Å². The van der Waals surface area contributed by atoms with Gasteiger partial charge >= 0.3 is 6.18 Å². The second kappa shape index (κ2) is 9.96. The Morgan fingerprint density at radius 1 is 1.24 bits per heavy atom. The minimum Gasteiger partial charge on any atom is -0.357 e. The van der Waals surface area contributed by atoms with Gasteiger partial charge in [0.05, 0.1) is 6.54 Å². The molecule has 1 saturated heterocycles. The average Bonchev–Trinajstić information content (AvgIpc) is 2.90. The van der Waals surface area contributed by atoms with Gasteiger partial charge < -0.3 is 15.5 Å². The van der Waals surface area contributed by atoms with E-state index >= 15 is 0 Å². The molecule has 0 radical (unpaired) electrons. The van der Waals surface area contributed by atoms with Crippen LogP contribution in [0.2, 0.25) is 0 Å². The quantitative estimate of drug-likeness (QED) is 0.591. The molecule has 0 unspecified atom stereocenters. The van der Waals surface area contributed by atoms with Gasteiger partial charge in [-0.2, -0.15) is 13.2 Å². The summed E-state index contributed by atoms with van der Waals surface area (Å²) in [6.07, 6.45) is 0.720. The van der Waals surface area contributed by atoms with Crippen LogP contribution >= 0.6 is 11.3 Å². The summed E-state index contributed by atoms with van der Waals surface area (Å²) in [6, 6.07) is 0. The van der Waals surface area contributed by atoms with Crippen molar-refractivity contribution in [2.75, 3.05) is 32.7 Å². The van der Waals surface area contributed by atoms with E-state index in [1.807, 2.05) is 6.92 Å². The van der Waals surface area contributed by atoms with Gasteiger partial charge in [-0.1, -0.05) is 12.8 Å². The van der Waals surface area contributed by atoms with Gasteiger partial charge in [0, 0.05) is 25.0 Å². The first-order valence-corrected chi connectivity index (χ1v) is 9.63. The highest BCUT2D eigenvalue weighted by Crippen LogP contribution is 2.30. The third-order valence-electron chi connectivity index (χ3n) is 3.98. The van der Waals surface area contributed by atoms with E-state index < -0.39 is 11.9 Å². The summed E-state index contributed by atoms with van der Waals surface area (Å²) >= 11 is 0.983. The number of halogens is 3. The third kappa shape index (κ3) is 7.19. The van der Waals surface area contributed by atoms with E-state index in [-0.39, 0.29) is 6.54 Å². The van der Waals surface area contributed by atoms with Crippen LogP contribution in [0, 0.1) is 0 Å². The monoisotopic (exact) mass is 377 g/mol. The summed E-state index contributed by atoms with van der Waals surface area (Å²) in [7, 11) is 0. The van der Waals surface area contributed by atoms with Crippen LogP contribution in [0.4, 0.5) is 13.2 Å². The highest BCUT2D eigenvalue weighted by atomic mass is 32.1. The Bertz CT molecular complexity index is 536. The van der Waals surface area contributed by atoms with Crippen LogP contribution in [-0.2, 0) is 12.7 Å². The van der Waals surface area contributed by atoms with Crippen molar-refractivity contribution in [2.24, 2.45) is 4.99 Å². The van der Waals surface area contributed by atoms with Gasteiger partial charge in [-0.15, -0.1) is 11.3 Å². The number of hydrogen-bond acceptors (Lipinski definition) is 4. The molecule has 2 N–H and O–H groups in total. The van der Waals surface area contributed by atoms with Gasteiger partial charge in [0.25, 0.3) is 0 Å². The molecule has 0 amide bonds. The van der Waals surface area contributed by atoms with Gasteiger partial charge in [-0.25, -0.2) is 9.98 Å². The van der Waals surface area contributed by atoms with Gasteiger partial charge in [0.15, 0.2) is 11.7 Å². The predicted octanol–water partition coefficient (Wildman–Crippen LogP) is 3.09. The van der Waals surface area contributed by atoms with Gasteiger partial charge in [-0.05, 0) is 32.9 Å². The van der Waals surface area contributed by atoms with Crippen LogP contribution in [0.15, 0.2) is 10.4 Å². The minimum atomic E-state index is -4.39. The number of aromatic nitrogens is 1. The lowest BCUT2D eigenvalue weighted by molar-refractivity contribution is -0.140. The number of guanidine groups is 1. The Morgan fingerprint density at radius 3 is 2.56 bits per heavy atom. The zero-order valence-electron chi connectivity index (χ0n) is 14.5. The fourth-order valence-corrected chi connectivity index (χ4v) is 3.42. The number of aliphatic imine (C=N–C) groups is 1. The normalized spacial score (nSPS) is 17.4. The van der Waals surface area contributed by atoms with Crippen molar-refractivity contribution in [1.29, 1.82) is 0 Å². The lowest BCUT2D eigenvalue weighted by Gasteiger charge is -2.20. The van der Waals surface area contributed by atoms with Crippen molar-refractivity contribution in [2.45, 2.75) is 45.3 Å². The number of rotatable bonds is 6. The van der Waals surface area contributed by atoms with Gasteiger partial charge in [0.1, 0.15) is 5.01 Å². The minimum absolute atomic E-state index is 0.139. The summed E-state index contributed by atoms with van der Waals surface area (Å²) in [4.78, 5) is 10.4. The van der Waals surface area contributed by atoms with Crippen molar-refractivity contribution >= 4 is 17.3 Å². The highest BCUT2D eigenvalue weighted by molar-refractivity contribution is 7.09. The molecule has 0 bridgehead atoms. The molecule has 0 aromatic carbocycles. The second-order valence-electron chi connectivity index (χ2n) is 6.00. The van der Waals surface area contributed by atoms with Gasteiger partial charge in [0.2, 0.25) is 0 Å². The standard InChI is InChI=1S/C16H26F3N5S/c1-2-20-15(21-7-10-24-8-5-3-4-6-9-24)22-11-14-23-13(12-25-14)16(17,18)19/h12H,2-11H2,1H3,(H2,20,21,22). The molecule has 0 spiro atoms. The third-order valence-corrected chi connectivity index (χ3v) is 4.81. The maximum absolute atomic E-state index is 12.6. The molecule has 1 aliphatic rings. The summed E-state index contributed by atoms with van der Waals surface area (Å²) in [6.45, 7) is 6.76. The smallest absolute Gasteiger partial charge is 0.357 e. The molecule has 5 nitrogen and oxygen atoms in total. The zero-order valence-corrected chi connectivity index (χ0v) is 15.3. The molecule has 25 heavy (non-hydrogen) atoms. The number of alkyl halides is 3. The zero-order chi connectivity index (χ0) is 18.1. The number of thiazole rings is 1. The number of nitrogens with one attached hydrogen (secondary N) is 2. The SMILES string of the molecule is CCNC(=NCc1nc(C(F)(F)F)cs1)NCCN1CCCCCC1. The van der Waals surface area contributed by atoms with Crippen molar-refractivity contribution < 1.29 is 13.2 Å². The molecule has 1 fully saturated rings. The van der Waals surface area contributed by atoms with E-state index in [0.29, 0.717) is 17.5 Å². The van der Waals surface area contributed by atoms with Crippen molar-refractivity contribution in [3.8, 4) is 0 Å². The van der Waals surface area contributed by atoms with E-state index in [0.717, 1.165) is 42.9 Å². The number of nitrogens with zero attached hydrogens (tertiary/aromatic N) is 3. The molecule has 1 aliphatic heterocycles. The van der Waals surface area contributed by atoms with Crippen molar-refractivity contribution in [1.82, 2.24) is 20.5 Å². The summed E-state index contributed by atoms with van der Waals surface area (Å²) in [5, 5.41) is 7.75. The Labute approximate surface area is 150 Å². The topological polar surface area (TPSA) is 52.6 Å². The summed E-state index contributed by atoms with van der Waals surface area (Å²) < 4.78 is 37.7. The Morgan fingerprint density at radius 2 is 1.96 bits per heavy atom. The highest BCUT2D eigenvalue weighted by Gasteiger charge is 2.33. The predicted molar refractivity (Wildman–Crippen MR) is 94.8 cm³/mol. The Balaban J connectivity index is 1.82. The molecule has 0 aliphatic carbocycles. The molecule has 0 atom stereocenters. The lowest BCUT2D eigenvalue weighted by Crippen LogP contribution is -2.41.